The van der Waals surface area contributed by atoms with Crippen molar-refractivity contribution in [3.8, 4) is 0 Å². The second-order valence-corrected chi connectivity index (χ2v) is 7.76. The number of hydrogen-bond donors (Lipinski definition) is 1. The fourth-order valence-electron chi connectivity index (χ4n) is 3.85. The molecule has 0 amide bonds. The molecule has 2 nitrogen and oxygen atoms in total. The standard InChI is InChI=1S/C18H26N2S/c1-13-7-10-18(11-8-13,20(2)3)17(19)15-6-4-5-14-9-12-21-16(14)15/h4-6,9,12-13,17H,7-8,10-11,19H2,1-3H3. The van der Waals surface area contributed by atoms with Crippen LogP contribution in [0.25, 0.3) is 10.1 Å². The van der Waals surface area contributed by atoms with Crippen molar-refractivity contribution in [1.29, 1.82) is 0 Å². The van der Waals surface area contributed by atoms with Gasteiger partial charge in [-0.1, -0.05) is 25.1 Å². The van der Waals surface area contributed by atoms with Crippen LogP contribution in [0.4, 0.5) is 0 Å². The van der Waals surface area contributed by atoms with Crippen LogP contribution in [-0.2, 0) is 0 Å². The summed E-state index contributed by atoms with van der Waals surface area (Å²) in [6, 6.07) is 8.85. The third-order valence-electron chi connectivity index (χ3n) is 5.45. The van der Waals surface area contributed by atoms with Gasteiger partial charge in [-0.25, -0.2) is 0 Å². The van der Waals surface area contributed by atoms with E-state index >= 15 is 0 Å². The zero-order chi connectivity index (χ0) is 15.0. The van der Waals surface area contributed by atoms with E-state index < -0.39 is 0 Å². The van der Waals surface area contributed by atoms with Gasteiger partial charge in [-0.2, -0.15) is 0 Å². The van der Waals surface area contributed by atoms with Gasteiger partial charge in [0.15, 0.2) is 0 Å². The van der Waals surface area contributed by atoms with Crippen molar-refractivity contribution in [1.82, 2.24) is 4.90 Å². The summed E-state index contributed by atoms with van der Waals surface area (Å²) in [4.78, 5) is 2.38. The summed E-state index contributed by atoms with van der Waals surface area (Å²) in [5, 5.41) is 3.50. The number of rotatable bonds is 3. The van der Waals surface area contributed by atoms with Crippen molar-refractivity contribution in [2.75, 3.05) is 14.1 Å². The molecule has 1 fully saturated rings. The van der Waals surface area contributed by atoms with Crippen LogP contribution in [0.2, 0.25) is 0 Å². The lowest BCUT2D eigenvalue weighted by Crippen LogP contribution is -2.54. The van der Waals surface area contributed by atoms with Crippen LogP contribution < -0.4 is 5.73 Å². The van der Waals surface area contributed by atoms with Gasteiger partial charge in [-0.05, 0) is 68.1 Å². The minimum absolute atomic E-state index is 0.0855. The molecule has 1 unspecified atom stereocenters. The number of benzene rings is 1. The van der Waals surface area contributed by atoms with Gasteiger partial charge in [-0.3, -0.25) is 0 Å². The van der Waals surface area contributed by atoms with Crippen LogP contribution in [0, 0.1) is 5.92 Å². The van der Waals surface area contributed by atoms with Gasteiger partial charge in [0.1, 0.15) is 0 Å². The molecule has 3 rings (SSSR count). The normalized spacial score (nSPS) is 28.1. The average Bonchev–Trinajstić information content (AvgIpc) is 2.95. The highest BCUT2D eigenvalue weighted by Crippen LogP contribution is 2.44. The van der Waals surface area contributed by atoms with Crippen LogP contribution in [0.3, 0.4) is 0 Å². The lowest BCUT2D eigenvalue weighted by molar-refractivity contribution is 0.0569. The lowest BCUT2D eigenvalue weighted by Gasteiger charge is -2.48. The number of nitrogens with two attached hydrogens (primary N) is 1. The Morgan fingerprint density at radius 3 is 2.62 bits per heavy atom. The highest BCUT2D eigenvalue weighted by Gasteiger charge is 2.42. The zero-order valence-electron chi connectivity index (χ0n) is 13.3. The summed E-state index contributed by atoms with van der Waals surface area (Å²) in [6.45, 7) is 2.37. The van der Waals surface area contributed by atoms with Gasteiger partial charge in [-0.15, -0.1) is 11.3 Å². The third kappa shape index (κ3) is 2.52. The lowest BCUT2D eigenvalue weighted by atomic mass is 9.70. The first kappa shape index (κ1) is 15.0. The molecule has 0 radical (unpaired) electrons. The number of fused-ring (bicyclic) bond motifs is 1. The van der Waals surface area contributed by atoms with Crippen LogP contribution in [0.1, 0.15) is 44.2 Å². The fourth-order valence-corrected chi connectivity index (χ4v) is 4.80. The zero-order valence-corrected chi connectivity index (χ0v) is 14.1. The first-order valence-corrected chi connectivity index (χ1v) is 8.82. The van der Waals surface area contributed by atoms with Crippen molar-refractivity contribution in [3.05, 3.63) is 35.2 Å². The summed E-state index contributed by atoms with van der Waals surface area (Å²) >= 11 is 1.82. The van der Waals surface area contributed by atoms with E-state index in [1.165, 1.54) is 41.3 Å². The second kappa shape index (κ2) is 5.71. The Hall–Kier alpha value is -0.900. The molecular formula is C18H26N2S. The number of hydrogen-bond acceptors (Lipinski definition) is 3. The van der Waals surface area contributed by atoms with Crippen molar-refractivity contribution in [3.63, 3.8) is 0 Å². The molecule has 21 heavy (non-hydrogen) atoms. The molecule has 1 aliphatic rings. The monoisotopic (exact) mass is 302 g/mol. The quantitative estimate of drug-likeness (QED) is 0.910. The highest BCUT2D eigenvalue weighted by molar-refractivity contribution is 7.17. The number of likely N-dealkylation sites (N-methyl/N-ethyl adjacent to an activating group) is 1. The molecule has 2 aromatic rings. The van der Waals surface area contributed by atoms with Gasteiger partial charge in [0.25, 0.3) is 0 Å². The smallest absolute Gasteiger partial charge is 0.0496 e. The SMILES string of the molecule is CC1CCC(C(N)c2cccc3ccsc23)(N(C)C)CC1. The van der Waals surface area contributed by atoms with Crippen molar-refractivity contribution in [2.45, 2.75) is 44.2 Å². The van der Waals surface area contributed by atoms with Crippen molar-refractivity contribution >= 4 is 21.4 Å². The first-order chi connectivity index (χ1) is 10.0. The van der Waals surface area contributed by atoms with E-state index in [4.69, 9.17) is 5.73 Å². The Morgan fingerprint density at radius 2 is 1.95 bits per heavy atom. The van der Waals surface area contributed by atoms with Crippen LogP contribution in [0.15, 0.2) is 29.6 Å². The number of thiophene rings is 1. The maximum Gasteiger partial charge on any atom is 0.0496 e. The van der Waals surface area contributed by atoms with Crippen LogP contribution in [-0.4, -0.2) is 24.5 Å². The van der Waals surface area contributed by atoms with Crippen molar-refractivity contribution < 1.29 is 0 Å². The largest absolute Gasteiger partial charge is 0.322 e. The molecule has 0 saturated heterocycles. The minimum atomic E-state index is 0.0855. The Labute approximate surface area is 131 Å². The molecule has 1 aliphatic carbocycles. The first-order valence-electron chi connectivity index (χ1n) is 7.94. The highest BCUT2D eigenvalue weighted by atomic mass is 32.1. The third-order valence-corrected chi connectivity index (χ3v) is 6.43. The van der Waals surface area contributed by atoms with E-state index in [9.17, 15) is 0 Å². The van der Waals surface area contributed by atoms with E-state index in [-0.39, 0.29) is 11.6 Å². The molecule has 1 heterocycles. The fraction of sp³-hybridized carbons (Fsp3) is 0.556. The summed E-state index contributed by atoms with van der Waals surface area (Å²) in [7, 11) is 4.40. The molecule has 114 valence electrons. The Kier molecular flexibility index (Phi) is 4.08. The van der Waals surface area contributed by atoms with Gasteiger partial charge in [0, 0.05) is 16.3 Å². The molecule has 0 bridgehead atoms. The molecule has 1 saturated carbocycles. The Balaban J connectivity index is 2.02. The molecule has 1 aromatic heterocycles. The Bertz CT molecular complexity index is 608. The van der Waals surface area contributed by atoms with E-state index in [0.717, 1.165) is 5.92 Å². The topological polar surface area (TPSA) is 29.3 Å². The molecular weight excluding hydrogens is 276 g/mol. The van der Waals surface area contributed by atoms with Crippen LogP contribution in [0.5, 0.6) is 0 Å². The molecule has 1 atom stereocenters. The van der Waals surface area contributed by atoms with Gasteiger partial charge < -0.3 is 10.6 Å². The maximum atomic E-state index is 6.84. The molecule has 2 N–H and O–H groups in total. The number of nitrogens with zero attached hydrogens (tertiary/aromatic N) is 1. The van der Waals surface area contributed by atoms with E-state index in [1.54, 1.807) is 0 Å². The van der Waals surface area contributed by atoms with E-state index in [2.05, 4.69) is 55.6 Å². The molecule has 0 spiro atoms. The van der Waals surface area contributed by atoms with E-state index in [0.29, 0.717) is 0 Å². The van der Waals surface area contributed by atoms with Crippen LogP contribution >= 0.6 is 11.3 Å². The summed E-state index contributed by atoms with van der Waals surface area (Å²) in [6.07, 6.45) is 4.97. The van der Waals surface area contributed by atoms with Gasteiger partial charge in [0.05, 0.1) is 0 Å². The predicted molar refractivity (Wildman–Crippen MR) is 92.8 cm³/mol. The Morgan fingerprint density at radius 1 is 1.24 bits per heavy atom. The second-order valence-electron chi connectivity index (χ2n) is 6.84. The predicted octanol–water partition coefficient (Wildman–Crippen LogP) is 4.41. The van der Waals surface area contributed by atoms with E-state index in [1.807, 2.05) is 11.3 Å². The average molecular weight is 302 g/mol. The molecule has 0 aliphatic heterocycles. The molecule has 3 heteroatoms. The maximum absolute atomic E-state index is 6.84. The summed E-state index contributed by atoms with van der Waals surface area (Å²) in [5.41, 5.74) is 8.27. The van der Waals surface area contributed by atoms with Gasteiger partial charge in [0.2, 0.25) is 0 Å². The van der Waals surface area contributed by atoms with Gasteiger partial charge >= 0.3 is 0 Å². The minimum Gasteiger partial charge on any atom is -0.322 e. The summed E-state index contributed by atoms with van der Waals surface area (Å²) < 4.78 is 1.37. The van der Waals surface area contributed by atoms with Crippen molar-refractivity contribution in [2.24, 2.45) is 11.7 Å². The summed E-state index contributed by atoms with van der Waals surface area (Å²) in [5.74, 6) is 0.836. The molecule has 1 aromatic carbocycles.